The highest BCUT2D eigenvalue weighted by Gasteiger charge is 2.29. The molecule has 0 spiro atoms. The van der Waals surface area contributed by atoms with Gasteiger partial charge in [-0.3, -0.25) is 0 Å². The molecule has 2 heterocycles. The maximum absolute atomic E-state index is 5.98. The van der Waals surface area contributed by atoms with Crippen LogP contribution in [0, 0.1) is 0 Å². The minimum absolute atomic E-state index is 0.170. The number of hydrogen-bond acceptors (Lipinski definition) is 5. The van der Waals surface area contributed by atoms with Crippen LogP contribution in [0.15, 0.2) is 24.0 Å². The molecule has 4 nitrogen and oxygen atoms in total. The molecule has 0 radical (unpaired) electrons. The third-order valence-electron chi connectivity index (χ3n) is 3.65. The standard InChI is InChI=1S/C15H26N2O2S/c1-5-17(12(2)3)13-6-8-16(9-7-13)14-11-20-15(19-14)10-18-4/h6-8,12,14-15H,5,9-11H2,1-4H3/t14-,15+/m1/s1. The lowest BCUT2D eigenvalue weighted by atomic mass is 10.2. The van der Waals surface area contributed by atoms with Crippen molar-refractivity contribution in [2.45, 2.75) is 38.5 Å². The van der Waals surface area contributed by atoms with E-state index in [1.807, 2.05) is 11.8 Å². The van der Waals surface area contributed by atoms with Gasteiger partial charge >= 0.3 is 0 Å². The molecule has 1 saturated heterocycles. The van der Waals surface area contributed by atoms with Gasteiger partial charge in [0.1, 0.15) is 11.7 Å². The molecular formula is C15H26N2O2S. The minimum atomic E-state index is 0.170. The topological polar surface area (TPSA) is 24.9 Å². The van der Waals surface area contributed by atoms with E-state index in [1.165, 1.54) is 5.70 Å². The highest BCUT2D eigenvalue weighted by Crippen LogP contribution is 2.29. The van der Waals surface area contributed by atoms with Gasteiger partial charge in [-0.1, -0.05) is 0 Å². The molecule has 2 aliphatic heterocycles. The van der Waals surface area contributed by atoms with Crippen molar-refractivity contribution in [3.63, 3.8) is 0 Å². The summed E-state index contributed by atoms with van der Waals surface area (Å²) in [6.07, 6.45) is 6.83. The summed E-state index contributed by atoms with van der Waals surface area (Å²) in [5.74, 6) is 1.00. The zero-order chi connectivity index (χ0) is 14.5. The van der Waals surface area contributed by atoms with Crippen molar-refractivity contribution in [1.29, 1.82) is 0 Å². The number of allylic oxidation sites excluding steroid dienone is 1. The molecule has 20 heavy (non-hydrogen) atoms. The molecule has 1 fully saturated rings. The quantitative estimate of drug-likeness (QED) is 0.750. The first-order valence-corrected chi connectivity index (χ1v) is 8.37. The summed E-state index contributed by atoms with van der Waals surface area (Å²) < 4.78 is 11.1. The Morgan fingerprint density at radius 1 is 1.55 bits per heavy atom. The van der Waals surface area contributed by atoms with E-state index in [-0.39, 0.29) is 11.7 Å². The largest absolute Gasteiger partial charge is 0.381 e. The molecule has 0 bridgehead atoms. The SMILES string of the molecule is CCN(C1=CCN([C@H]2CS[C@@H](COC)O2)C=C1)C(C)C. The zero-order valence-corrected chi connectivity index (χ0v) is 13.7. The molecule has 2 rings (SSSR count). The summed E-state index contributed by atoms with van der Waals surface area (Å²) in [7, 11) is 1.72. The number of nitrogens with zero attached hydrogens (tertiary/aromatic N) is 2. The third kappa shape index (κ3) is 3.71. The van der Waals surface area contributed by atoms with Gasteiger partial charge in [-0.2, -0.15) is 0 Å². The van der Waals surface area contributed by atoms with Crippen LogP contribution in [-0.2, 0) is 9.47 Å². The normalized spacial score (nSPS) is 26.2. The monoisotopic (exact) mass is 298 g/mol. The van der Waals surface area contributed by atoms with Gasteiger partial charge in [0.25, 0.3) is 0 Å². The van der Waals surface area contributed by atoms with Gasteiger partial charge in [-0.15, -0.1) is 11.8 Å². The van der Waals surface area contributed by atoms with Crippen molar-refractivity contribution >= 4 is 11.8 Å². The van der Waals surface area contributed by atoms with Crippen molar-refractivity contribution in [3.05, 3.63) is 24.0 Å². The lowest BCUT2D eigenvalue weighted by Gasteiger charge is -2.34. The summed E-state index contributed by atoms with van der Waals surface area (Å²) in [5, 5.41) is 0. The van der Waals surface area contributed by atoms with Crippen molar-refractivity contribution in [2.24, 2.45) is 0 Å². The maximum Gasteiger partial charge on any atom is 0.140 e. The first kappa shape index (κ1) is 15.7. The first-order valence-electron chi connectivity index (χ1n) is 7.32. The molecule has 0 unspecified atom stereocenters. The molecule has 0 N–H and O–H groups in total. The highest BCUT2D eigenvalue weighted by molar-refractivity contribution is 8.00. The van der Waals surface area contributed by atoms with Gasteiger partial charge in [0.05, 0.1) is 6.61 Å². The number of rotatable bonds is 6. The lowest BCUT2D eigenvalue weighted by molar-refractivity contribution is -0.0389. The smallest absolute Gasteiger partial charge is 0.140 e. The molecule has 2 aliphatic rings. The van der Waals surface area contributed by atoms with Crippen LogP contribution in [0.1, 0.15) is 20.8 Å². The second-order valence-corrected chi connectivity index (χ2v) is 6.52. The number of likely N-dealkylation sites (N-methyl/N-ethyl adjacent to an activating group) is 1. The molecule has 0 amide bonds. The van der Waals surface area contributed by atoms with Gasteiger partial charge in [0, 0.05) is 43.9 Å². The van der Waals surface area contributed by atoms with Crippen LogP contribution in [0.4, 0.5) is 0 Å². The Kier molecular flexibility index (Phi) is 5.81. The summed E-state index contributed by atoms with van der Waals surface area (Å²) in [6, 6.07) is 0.534. The number of ether oxygens (including phenoxy) is 2. The van der Waals surface area contributed by atoms with Crippen molar-refractivity contribution < 1.29 is 9.47 Å². The fraction of sp³-hybridized carbons (Fsp3) is 0.733. The molecule has 5 heteroatoms. The van der Waals surface area contributed by atoms with Gasteiger partial charge in [0.2, 0.25) is 0 Å². The van der Waals surface area contributed by atoms with Gasteiger partial charge in [0.15, 0.2) is 0 Å². The minimum Gasteiger partial charge on any atom is -0.381 e. The van der Waals surface area contributed by atoms with E-state index in [9.17, 15) is 0 Å². The number of hydrogen-bond donors (Lipinski definition) is 0. The van der Waals surface area contributed by atoms with Gasteiger partial charge in [-0.25, -0.2) is 0 Å². The van der Waals surface area contributed by atoms with Crippen molar-refractivity contribution in [3.8, 4) is 0 Å². The fourth-order valence-electron chi connectivity index (χ4n) is 2.61. The van der Waals surface area contributed by atoms with E-state index in [0.717, 1.165) is 18.8 Å². The molecular weight excluding hydrogens is 272 g/mol. The van der Waals surface area contributed by atoms with E-state index >= 15 is 0 Å². The molecule has 114 valence electrons. The van der Waals surface area contributed by atoms with Crippen LogP contribution in [0.5, 0.6) is 0 Å². The van der Waals surface area contributed by atoms with Crippen molar-refractivity contribution in [1.82, 2.24) is 9.80 Å². The Labute approximate surface area is 126 Å². The van der Waals surface area contributed by atoms with Crippen LogP contribution in [-0.4, -0.2) is 60.1 Å². The first-order chi connectivity index (χ1) is 9.65. The summed E-state index contributed by atoms with van der Waals surface area (Å²) >= 11 is 1.83. The average Bonchev–Trinajstić information content (AvgIpc) is 2.89. The summed E-state index contributed by atoms with van der Waals surface area (Å²) in [4.78, 5) is 4.67. The van der Waals surface area contributed by atoms with Crippen LogP contribution in [0.25, 0.3) is 0 Å². The predicted octanol–water partition coefficient (Wildman–Crippen LogP) is 2.49. The summed E-state index contributed by atoms with van der Waals surface area (Å²) in [6.45, 7) is 9.29. The molecule has 0 aromatic rings. The van der Waals surface area contributed by atoms with E-state index in [0.29, 0.717) is 12.6 Å². The highest BCUT2D eigenvalue weighted by atomic mass is 32.2. The second-order valence-electron chi connectivity index (χ2n) is 5.33. The molecule has 0 aliphatic carbocycles. The van der Waals surface area contributed by atoms with Gasteiger partial charge < -0.3 is 19.3 Å². The van der Waals surface area contributed by atoms with Crippen LogP contribution >= 0.6 is 11.8 Å². The lowest BCUT2D eigenvalue weighted by Crippen LogP contribution is -2.37. The second kappa shape index (κ2) is 7.38. The van der Waals surface area contributed by atoms with Crippen LogP contribution in [0.2, 0.25) is 0 Å². The van der Waals surface area contributed by atoms with E-state index < -0.39 is 0 Å². The molecule has 2 atom stereocenters. The maximum atomic E-state index is 5.98. The number of thioether (sulfide) groups is 1. The number of methoxy groups -OCH3 is 1. The van der Waals surface area contributed by atoms with Crippen LogP contribution in [0.3, 0.4) is 0 Å². The molecule has 0 aromatic carbocycles. The van der Waals surface area contributed by atoms with Crippen molar-refractivity contribution in [2.75, 3.05) is 32.6 Å². The average molecular weight is 298 g/mol. The fourth-order valence-corrected chi connectivity index (χ4v) is 3.70. The van der Waals surface area contributed by atoms with E-state index in [2.05, 4.69) is 48.9 Å². The van der Waals surface area contributed by atoms with E-state index in [4.69, 9.17) is 9.47 Å². The Morgan fingerprint density at radius 2 is 2.35 bits per heavy atom. The summed E-state index contributed by atoms with van der Waals surface area (Å²) in [5.41, 5.74) is 1.49. The Bertz CT molecular complexity index is 371. The van der Waals surface area contributed by atoms with Crippen LogP contribution < -0.4 is 0 Å². The van der Waals surface area contributed by atoms with Gasteiger partial charge in [-0.05, 0) is 32.9 Å². The Morgan fingerprint density at radius 3 is 2.90 bits per heavy atom. The van der Waals surface area contributed by atoms with E-state index in [1.54, 1.807) is 7.11 Å². The molecule has 0 aromatic heterocycles. The molecule has 0 saturated carbocycles. The Hall–Kier alpha value is -0.650. The predicted molar refractivity (Wildman–Crippen MR) is 84.4 cm³/mol. The zero-order valence-electron chi connectivity index (χ0n) is 12.9. The third-order valence-corrected chi connectivity index (χ3v) is 4.75. The Balaban J connectivity index is 1.88.